The summed E-state index contributed by atoms with van der Waals surface area (Å²) < 4.78 is 10.7. The van der Waals surface area contributed by atoms with Gasteiger partial charge in [-0.3, -0.25) is 15.4 Å². The van der Waals surface area contributed by atoms with Crippen LogP contribution >= 0.6 is 0 Å². The fraction of sp³-hybridized carbons (Fsp3) is 0.833. The second-order valence-electron chi connectivity index (χ2n) is 10.8. The van der Waals surface area contributed by atoms with Gasteiger partial charge in [0.15, 0.2) is 0 Å². The molecule has 0 aliphatic heterocycles. The molecule has 0 bridgehead atoms. The third-order valence-corrected chi connectivity index (χ3v) is 5.54. The van der Waals surface area contributed by atoms with Gasteiger partial charge in [-0.05, 0) is 73.1 Å². The van der Waals surface area contributed by atoms with Gasteiger partial charge in [0.1, 0.15) is 11.2 Å². The van der Waals surface area contributed by atoms with Crippen LogP contribution in [-0.2, 0) is 14.3 Å². The van der Waals surface area contributed by atoms with Gasteiger partial charge < -0.3 is 14.8 Å². The predicted octanol–water partition coefficient (Wildman–Crippen LogP) is 4.65. The lowest BCUT2D eigenvalue weighted by Gasteiger charge is -2.46. The van der Waals surface area contributed by atoms with Crippen LogP contribution in [0.15, 0.2) is 4.99 Å². The van der Waals surface area contributed by atoms with Gasteiger partial charge in [-0.25, -0.2) is 14.6 Å². The Labute approximate surface area is 198 Å². The van der Waals surface area contributed by atoms with Crippen LogP contribution in [0.5, 0.6) is 0 Å². The van der Waals surface area contributed by atoms with Crippen LogP contribution in [0, 0.1) is 5.92 Å². The van der Waals surface area contributed by atoms with Crippen LogP contribution in [0.1, 0.15) is 101 Å². The number of alkyl carbamates (subject to hydrolysis) is 2. The van der Waals surface area contributed by atoms with Gasteiger partial charge in [-0.2, -0.15) is 0 Å². The Kier molecular flexibility index (Phi) is 10.2. The number of guanidine groups is 1. The van der Waals surface area contributed by atoms with Gasteiger partial charge in [0, 0.05) is 6.92 Å². The summed E-state index contributed by atoms with van der Waals surface area (Å²) in [7, 11) is 0. The van der Waals surface area contributed by atoms with Gasteiger partial charge in [-0.1, -0.05) is 26.7 Å². The molecule has 3 amide bonds. The standard InChI is InChI=1S/C24H44N4O5/c1-10-17(11-2)15-18(25-16(3)29)24(13-12-14-24)28-19(26-20(30)32-22(4,5)6)27-21(31)33-23(7,8)9/h17-18H,10-15H2,1-9H3,(H,25,29)(H2,26,27,28,30,31). The topological polar surface area (TPSA) is 118 Å². The van der Waals surface area contributed by atoms with E-state index in [1.165, 1.54) is 6.92 Å². The number of hydrogen-bond donors (Lipinski definition) is 3. The number of aliphatic imine (C=N–C) groups is 1. The van der Waals surface area contributed by atoms with Crippen molar-refractivity contribution in [1.29, 1.82) is 0 Å². The molecule has 0 aromatic heterocycles. The summed E-state index contributed by atoms with van der Waals surface area (Å²) in [6.45, 7) is 16.3. The van der Waals surface area contributed by atoms with E-state index in [2.05, 4.69) is 29.8 Å². The molecule has 1 aliphatic rings. The molecule has 9 heteroatoms. The maximum absolute atomic E-state index is 12.5. The summed E-state index contributed by atoms with van der Waals surface area (Å²) in [6, 6.07) is -0.218. The third kappa shape index (κ3) is 10.4. The number of ether oxygens (including phenoxy) is 2. The van der Waals surface area contributed by atoms with E-state index in [1.54, 1.807) is 41.5 Å². The molecule has 0 aromatic rings. The minimum Gasteiger partial charge on any atom is -0.444 e. The molecule has 0 radical (unpaired) electrons. The second-order valence-corrected chi connectivity index (χ2v) is 10.8. The zero-order chi connectivity index (χ0) is 25.4. The fourth-order valence-corrected chi connectivity index (χ4v) is 3.80. The molecule has 0 saturated heterocycles. The molecule has 33 heavy (non-hydrogen) atoms. The lowest BCUT2D eigenvalue weighted by molar-refractivity contribution is -0.120. The normalized spacial score (nSPS) is 16.2. The van der Waals surface area contributed by atoms with Crippen LogP contribution in [0.3, 0.4) is 0 Å². The van der Waals surface area contributed by atoms with E-state index in [9.17, 15) is 14.4 Å². The number of nitrogens with zero attached hydrogens (tertiary/aromatic N) is 1. The molecule has 1 atom stereocenters. The lowest BCUT2D eigenvalue weighted by Crippen LogP contribution is -2.58. The van der Waals surface area contributed by atoms with E-state index in [0.717, 1.165) is 38.5 Å². The Morgan fingerprint density at radius 2 is 1.36 bits per heavy atom. The van der Waals surface area contributed by atoms with Crippen molar-refractivity contribution in [3.8, 4) is 0 Å². The monoisotopic (exact) mass is 468 g/mol. The third-order valence-electron chi connectivity index (χ3n) is 5.54. The SMILES string of the molecule is CCC(CC)CC(NC(C)=O)C1(N=C(NC(=O)OC(C)(C)C)NC(=O)OC(C)(C)C)CCC1. The van der Waals surface area contributed by atoms with Crippen molar-refractivity contribution in [3.05, 3.63) is 0 Å². The number of carbonyl (C=O) groups excluding carboxylic acids is 3. The zero-order valence-electron chi connectivity index (χ0n) is 21.9. The summed E-state index contributed by atoms with van der Waals surface area (Å²) in [5.41, 5.74) is -2.07. The lowest BCUT2D eigenvalue weighted by atomic mass is 9.69. The Morgan fingerprint density at radius 1 is 0.909 bits per heavy atom. The molecule has 0 aromatic carbocycles. The summed E-state index contributed by atoms with van der Waals surface area (Å²) >= 11 is 0. The first-order chi connectivity index (χ1) is 15.1. The van der Waals surface area contributed by atoms with E-state index in [4.69, 9.17) is 14.5 Å². The Balaban J connectivity index is 3.29. The number of hydrogen-bond acceptors (Lipinski definition) is 6. The first-order valence-electron chi connectivity index (χ1n) is 12.0. The number of carbonyl (C=O) groups is 3. The average Bonchev–Trinajstić information content (AvgIpc) is 2.57. The molecule has 0 spiro atoms. The molecular formula is C24H44N4O5. The number of amides is 3. The number of rotatable bonds is 7. The van der Waals surface area contributed by atoms with Crippen molar-refractivity contribution in [1.82, 2.24) is 16.0 Å². The van der Waals surface area contributed by atoms with Crippen molar-refractivity contribution in [2.45, 2.75) is 124 Å². The molecule has 1 aliphatic carbocycles. The molecule has 190 valence electrons. The zero-order valence-corrected chi connectivity index (χ0v) is 21.9. The predicted molar refractivity (Wildman–Crippen MR) is 129 cm³/mol. The van der Waals surface area contributed by atoms with Gasteiger partial charge >= 0.3 is 12.2 Å². The van der Waals surface area contributed by atoms with Crippen LogP contribution in [0.25, 0.3) is 0 Å². The highest BCUT2D eigenvalue weighted by Gasteiger charge is 2.46. The van der Waals surface area contributed by atoms with Gasteiger partial charge in [0.2, 0.25) is 11.9 Å². The summed E-state index contributed by atoms with van der Waals surface area (Å²) in [5, 5.41) is 8.21. The highest BCUT2D eigenvalue weighted by Crippen LogP contribution is 2.41. The van der Waals surface area contributed by atoms with Gasteiger partial charge in [0.05, 0.1) is 11.6 Å². The average molecular weight is 469 g/mol. The Hall–Kier alpha value is -2.32. The Bertz CT molecular complexity index is 681. The van der Waals surface area contributed by atoms with Crippen LogP contribution in [0.4, 0.5) is 9.59 Å². The van der Waals surface area contributed by atoms with E-state index >= 15 is 0 Å². The molecule has 1 rings (SSSR count). The molecule has 1 unspecified atom stereocenters. The van der Waals surface area contributed by atoms with Gasteiger partial charge in [0.25, 0.3) is 0 Å². The minimum absolute atomic E-state index is 0.0434. The van der Waals surface area contributed by atoms with Crippen molar-refractivity contribution >= 4 is 24.1 Å². The van der Waals surface area contributed by atoms with Crippen LogP contribution in [-0.4, -0.2) is 46.8 Å². The fourth-order valence-electron chi connectivity index (χ4n) is 3.80. The maximum atomic E-state index is 12.5. The van der Waals surface area contributed by atoms with Crippen molar-refractivity contribution in [2.24, 2.45) is 10.9 Å². The van der Waals surface area contributed by atoms with Crippen LogP contribution in [0.2, 0.25) is 0 Å². The second kappa shape index (κ2) is 11.7. The quantitative estimate of drug-likeness (QED) is 0.371. The maximum Gasteiger partial charge on any atom is 0.414 e. The smallest absolute Gasteiger partial charge is 0.414 e. The first kappa shape index (κ1) is 28.7. The molecule has 1 saturated carbocycles. The van der Waals surface area contributed by atoms with E-state index < -0.39 is 28.9 Å². The van der Waals surface area contributed by atoms with Crippen LogP contribution < -0.4 is 16.0 Å². The van der Waals surface area contributed by atoms with Crippen molar-refractivity contribution in [2.75, 3.05) is 0 Å². The number of nitrogens with one attached hydrogen (secondary N) is 3. The summed E-state index contributed by atoms with van der Waals surface area (Å²) in [6.07, 6.45) is 3.68. The van der Waals surface area contributed by atoms with Crippen molar-refractivity contribution < 1.29 is 23.9 Å². The molecule has 1 fully saturated rings. The van der Waals surface area contributed by atoms with E-state index in [0.29, 0.717) is 5.92 Å². The molecular weight excluding hydrogens is 424 g/mol. The minimum atomic E-state index is -0.733. The molecule has 9 nitrogen and oxygen atoms in total. The largest absolute Gasteiger partial charge is 0.444 e. The summed E-state index contributed by atoms with van der Waals surface area (Å²) in [4.78, 5) is 41.8. The first-order valence-corrected chi connectivity index (χ1v) is 12.0. The highest BCUT2D eigenvalue weighted by molar-refractivity contribution is 6.01. The van der Waals surface area contributed by atoms with Gasteiger partial charge in [-0.15, -0.1) is 0 Å². The Morgan fingerprint density at radius 3 is 1.67 bits per heavy atom. The van der Waals surface area contributed by atoms with E-state index in [-0.39, 0.29) is 17.9 Å². The van der Waals surface area contributed by atoms with Crippen molar-refractivity contribution in [3.63, 3.8) is 0 Å². The molecule has 0 heterocycles. The summed E-state index contributed by atoms with van der Waals surface area (Å²) in [5.74, 6) is 0.253. The molecule has 3 N–H and O–H groups in total. The van der Waals surface area contributed by atoms with E-state index in [1.807, 2.05) is 0 Å². The highest BCUT2D eigenvalue weighted by atomic mass is 16.6.